The number of nitrogens with two attached hydrogens (primary N) is 1. The Bertz CT molecular complexity index is 568. The topological polar surface area (TPSA) is 86.0 Å². The second kappa shape index (κ2) is 6.38. The van der Waals surface area contributed by atoms with Crippen LogP contribution in [0.5, 0.6) is 11.5 Å². The van der Waals surface area contributed by atoms with E-state index < -0.39 is 6.04 Å². The van der Waals surface area contributed by atoms with Gasteiger partial charge >= 0.3 is 0 Å². The Labute approximate surface area is 118 Å². The molecule has 0 bridgehead atoms. The van der Waals surface area contributed by atoms with E-state index in [4.69, 9.17) is 15.2 Å². The molecular weight excluding hydrogens is 256 g/mol. The average Bonchev–Trinajstić information content (AvgIpc) is 2.96. The lowest BCUT2D eigenvalue weighted by Crippen LogP contribution is -2.14. The Kier molecular flexibility index (Phi) is 4.57. The summed E-state index contributed by atoms with van der Waals surface area (Å²) in [6, 6.07) is 5.22. The van der Waals surface area contributed by atoms with Crippen LogP contribution in [0.4, 0.5) is 0 Å². The molecule has 0 spiro atoms. The quantitative estimate of drug-likeness (QED) is 0.840. The highest BCUT2D eigenvalue weighted by molar-refractivity contribution is 5.44. The molecule has 6 heteroatoms. The van der Waals surface area contributed by atoms with Crippen LogP contribution in [0.15, 0.2) is 18.2 Å². The smallest absolute Gasteiger partial charge is 0.171 e. The standard InChI is InChI=1S/C14H20N4O2/c1-4-12-16-14(18-17-12)13(15)9-6-7-10(20-5-2)11(8-9)19-3/h6-8,13H,4-5,15H2,1-3H3,(H,16,17,18)/t13-/m1/s1. The van der Waals surface area contributed by atoms with E-state index >= 15 is 0 Å². The van der Waals surface area contributed by atoms with Gasteiger partial charge in [0.15, 0.2) is 17.3 Å². The summed E-state index contributed by atoms with van der Waals surface area (Å²) < 4.78 is 10.8. The highest BCUT2D eigenvalue weighted by atomic mass is 16.5. The molecule has 0 aliphatic rings. The Morgan fingerprint density at radius 2 is 2.10 bits per heavy atom. The van der Waals surface area contributed by atoms with Crippen LogP contribution in [0, 0.1) is 0 Å². The molecule has 2 aromatic rings. The molecule has 0 fully saturated rings. The van der Waals surface area contributed by atoms with Crippen molar-refractivity contribution < 1.29 is 9.47 Å². The zero-order valence-corrected chi connectivity index (χ0v) is 12.0. The van der Waals surface area contributed by atoms with E-state index in [1.54, 1.807) is 7.11 Å². The lowest BCUT2D eigenvalue weighted by Gasteiger charge is -2.13. The second-order valence-electron chi connectivity index (χ2n) is 4.31. The van der Waals surface area contributed by atoms with Crippen molar-refractivity contribution in [1.82, 2.24) is 15.2 Å². The molecule has 0 aliphatic carbocycles. The van der Waals surface area contributed by atoms with E-state index in [1.165, 1.54) is 0 Å². The lowest BCUT2D eigenvalue weighted by molar-refractivity contribution is 0.310. The highest BCUT2D eigenvalue weighted by Crippen LogP contribution is 2.30. The maximum Gasteiger partial charge on any atom is 0.171 e. The predicted molar refractivity (Wildman–Crippen MR) is 76.0 cm³/mol. The number of H-pyrrole nitrogens is 1. The van der Waals surface area contributed by atoms with Crippen LogP contribution >= 0.6 is 0 Å². The molecule has 0 saturated carbocycles. The first kappa shape index (κ1) is 14.3. The van der Waals surface area contributed by atoms with Crippen LogP contribution in [0.25, 0.3) is 0 Å². The van der Waals surface area contributed by atoms with Crippen LogP contribution in [0.3, 0.4) is 0 Å². The average molecular weight is 276 g/mol. The number of hydrogen-bond acceptors (Lipinski definition) is 5. The fraction of sp³-hybridized carbons (Fsp3) is 0.429. The zero-order valence-electron chi connectivity index (χ0n) is 12.0. The van der Waals surface area contributed by atoms with E-state index in [9.17, 15) is 0 Å². The van der Waals surface area contributed by atoms with Gasteiger partial charge in [-0.15, -0.1) is 0 Å². The van der Waals surface area contributed by atoms with E-state index in [0.717, 1.165) is 17.8 Å². The molecule has 1 heterocycles. The van der Waals surface area contributed by atoms with Crippen molar-refractivity contribution in [3.63, 3.8) is 0 Å². The lowest BCUT2D eigenvalue weighted by atomic mass is 10.1. The molecule has 0 amide bonds. The molecule has 0 radical (unpaired) electrons. The van der Waals surface area contributed by atoms with Crippen molar-refractivity contribution in [2.45, 2.75) is 26.3 Å². The summed E-state index contributed by atoms with van der Waals surface area (Å²) in [7, 11) is 1.61. The van der Waals surface area contributed by atoms with Gasteiger partial charge in [0.2, 0.25) is 0 Å². The molecule has 6 nitrogen and oxygen atoms in total. The second-order valence-corrected chi connectivity index (χ2v) is 4.31. The summed E-state index contributed by atoms with van der Waals surface area (Å²) in [5.41, 5.74) is 7.07. The van der Waals surface area contributed by atoms with Gasteiger partial charge in [-0.3, -0.25) is 5.10 Å². The molecule has 3 N–H and O–H groups in total. The maximum absolute atomic E-state index is 6.19. The zero-order chi connectivity index (χ0) is 14.5. The molecule has 1 aromatic heterocycles. The van der Waals surface area contributed by atoms with E-state index in [0.29, 0.717) is 23.9 Å². The van der Waals surface area contributed by atoms with Gasteiger partial charge in [0.1, 0.15) is 5.82 Å². The SMILES string of the molecule is CCOc1ccc([C@@H](N)c2n[nH]c(CC)n2)cc1OC. The first-order chi connectivity index (χ1) is 9.69. The van der Waals surface area contributed by atoms with Gasteiger partial charge in [0.05, 0.1) is 19.8 Å². The molecule has 108 valence electrons. The largest absolute Gasteiger partial charge is 0.493 e. The minimum absolute atomic E-state index is 0.392. The van der Waals surface area contributed by atoms with Gasteiger partial charge in [0.25, 0.3) is 0 Å². The van der Waals surface area contributed by atoms with Gasteiger partial charge in [-0.05, 0) is 24.6 Å². The summed E-state index contributed by atoms with van der Waals surface area (Å²) >= 11 is 0. The van der Waals surface area contributed by atoms with Crippen molar-refractivity contribution >= 4 is 0 Å². The van der Waals surface area contributed by atoms with E-state index in [1.807, 2.05) is 32.0 Å². The van der Waals surface area contributed by atoms with Gasteiger partial charge in [0, 0.05) is 6.42 Å². The third kappa shape index (κ3) is 2.91. The summed E-state index contributed by atoms with van der Waals surface area (Å²) in [5.74, 6) is 2.77. The number of aryl methyl sites for hydroxylation is 1. The van der Waals surface area contributed by atoms with E-state index in [2.05, 4.69) is 15.2 Å². The normalized spacial score (nSPS) is 12.2. The maximum atomic E-state index is 6.19. The van der Waals surface area contributed by atoms with Crippen molar-refractivity contribution in [3.8, 4) is 11.5 Å². The highest BCUT2D eigenvalue weighted by Gasteiger charge is 2.16. The molecule has 20 heavy (non-hydrogen) atoms. The summed E-state index contributed by atoms with van der Waals surface area (Å²) in [6.45, 7) is 4.53. The summed E-state index contributed by atoms with van der Waals surface area (Å²) in [6.07, 6.45) is 0.798. The van der Waals surface area contributed by atoms with Crippen LogP contribution in [-0.4, -0.2) is 28.9 Å². The number of aromatic amines is 1. The van der Waals surface area contributed by atoms with Crippen LogP contribution in [0.1, 0.15) is 37.1 Å². The number of rotatable bonds is 6. The van der Waals surface area contributed by atoms with Crippen molar-refractivity contribution in [2.24, 2.45) is 5.73 Å². The van der Waals surface area contributed by atoms with E-state index in [-0.39, 0.29) is 0 Å². The monoisotopic (exact) mass is 276 g/mol. The minimum Gasteiger partial charge on any atom is -0.493 e. The molecule has 0 aliphatic heterocycles. The fourth-order valence-electron chi connectivity index (χ4n) is 1.91. The number of aromatic nitrogens is 3. The van der Waals surface area contributed by atoms with Gasteiger partial charge < -0.3 is 15.2 Å². The minimum atomic E-state index is -0.392. The van der Waals surface area contributed by atoms with Gasteiger partial charge in [-0.25, -0.2) is 4.98 Å². The number of nitrogens with zero attached hydrogens (tertiary/aromatic N) is 2. The van der Waals surface area contributed by atoms with Crippen LogP contribution < -0.4 is 15.2 Å². The predicted octanol–water partition coefficient (Wildman–Crippen LogP) is 1.82. The third-order valence-electron chi connectivity index (χ3n) is 3.01. The molecule has 1 atom stereocenters. The molecule has 0 saturated heterocycles. The first-order valence-electron chi connectivity index (χ1n) is 6.67. The molecule has 0 unspecified atom stereocenters. The number of ether oxygens (including phenoxy) is 2. The molecular formula is C14H20N4O2. The number of hydrogen-bond donors (Lipinski definition) is 2. The van der Waals surface area contributed by atoms with Crippen molar-refractivity contribution in [3.05, 3.63) is 35.4 Å². The molecule has 2 rings (SSSR count). The van der Waals surface area contributed by atoms with Crippen molar-refractivity contribution in [2.75, 3.05) is 13.7 Å². The fourth-order valence-corrected chi connectivity index (χ4v) is 1.91. The Hall–Kier alpha value is -2.08. The van der Waals surface area contributed by atoms with Crippen molar-refractivity contribution in [1.29, 1.82) is 0 Å². The summed E-state index contributed by atoms with van der Waals surface area (Å²) in [5, 5.41) is 7.01. The summed E-state index contributed by atoms with van der Waals surface area (Å²) in [4.78, 5) is 4.36. The first-order valence-corrected chi connectivity index (χ1v) is 6.67. The Morgan fingerprint density at radius 1 is 1.30 bits per heavy atom. The number of nitrogens with one attached hydrogen (secondary N) is 1. The van der Waals surface area contributed by atoms with Crippen LogP contribution in [0.2, 0.25) is 0 Å². The number of benzene rings is 1. The van der Waals surface area contributed by atoms with Gasteiger partial charge in [-0.1, -0.05) is 13.0 Å². The van der Waals surface area contributed by atoms with Crippen LogP contribution in [-0.2, 0) is 6.42 Å². The number of methoxy groups -OCH3 is 1. The molecule has 1 aromatic carbocycles. The third-order valence-corrected chi connectivity index (χ3v) is 3.01. The Balaban J connectivity index is 2.27. The Morgan fingerprint density at radius 3 is 2.70 bits per heavy atom. The van der Waals surface area contributed by atoms with Gasteiger partial charge in [-0.2, -0.15) is 5.10 Å².